The van der Waals surface area contributed by atoms with Gasteiger partial charge in [-0.15, -0.1) is 0 Å². The Labute approximate surface area is 95.4 Å². The Bertz CT molecular complexity index is 532. The summed E-state index contributed by atoms with van der Waals surface area (Å²) < 4.78 is 3.20. The minimum absolute atomic E-state index is 0.0270. The molecule has 2 heterocycles. The first-order chi connectivity index (χ1) is 7.58. The third kappa shape index (κ3) is 1.89. The Morgan fingerprint density at radius 1 is 1.62 bits per heavy atom. The fourth-order valence-corrected chi connectivity index (χ4v) is 1.50. The van der Waals surface area contributed by atoms with Crippen molar-refractivity contribution in [3.05, 3.63) is 39.6 Å². The average molecular weight is 242 g/mol. The Balaban J connectivity index is 2.26. The van der Waals surface area contributed by atoms with Gasteiger partial charge in [0.15, 0.2) is 5.02 Å². The van der Waals surface area contributed by atoms with Crippen molar-refractivity contribution in [2.45, 2.75) is 6.54 Å². The van der Waals surface area contributed by atoms with E-state index >= 15 is 0 Å². The van der Waals surface area contributed by atoms with Gasteiger partial charge in [0.25, 0.3) is 0 Å². The third-order valence-corrected chi connectivity index (χ3v) is 2.36. The van der Waals surface area contributed by atoms with Gasteiger partial charge in [0.2, 0.25) is 0 Å². The van der Waals surface area contributed by atoms with E-state index in [-0.39, 0.29) is 10.8 Å². The molecule has 2 aromatic rings. The van der Waals surface area contributed by atoms with Crippen molar-refractivity contribution in [3.63, 3.8) is 0 Å². The van der Waals surface area contributed by atoms with E-state index < -0.39 is 4.92 Å². The number of aryl methyl sites for hydroxylation is 1. The molecule has 0 aliphatic carbocycles. The van der Waals surface area contributed by atoms with Crippen molar-refractivity contribution in [3.8, 4) is 0 Å². The molecule has 0 amide bonds. The molecule has 0 radical (unpaired) electrons. The van der Waals surface area contributed by atoms with Crippen LogP contribution in [0, 0.1) is 10.1 Å². The van der Waals surface area contributed by atoms with Gasteiger partial charge in [-0.2, -0.15) is 4.68 Å². The first-order valence-electron chi connectivity index (χ1n) is 4.41. The van der Waals surface area contributed by atoms with Crippen molar-refractivity contribution in [1.82, 2.24) is 19.3 Å². The van der Waals surface area contributed by atoms with Crippen LogP contribution in [0.15, 0.2) is 18.6 Å². The van der Waals surface area contributed by atoms with Gasteiger partial charge in [-0.1, -0.05) is 11.6 Å². The van der Waals surface area contributed by atoms with E-state index in [0.717, 1.165) is 5.82 Å². The first-order valence-corrected chi connectivity index (χ1v) is 4.79. The average Bonchev–Trinajstić information content (AvgIpc) is 2.75. The molecule has 0 saturated heterocycles. The van der Waals surface area contributed by atoms with Crippen molar-refractivity contribution < 1.29 is 4.92 Å². The Morgan fingerprint density at radius 3 is 2.88 bits per heavy atom. The molecule has 0 bridgehead atoms. The number of imidazole rings is 1. The Kier molecular flexibility index (Phi) is 2.61. The zero-order valence-electron chi connectivity index (χ0n) is 8.37. The molecular weight excluding hydrogens is 234 g/mol. The van der Waals surface area contributed by atoms with E-state index in [1.807, 2.05) is 7.05 Å². The van der Waals surface area contributed by atoms with Crippen molar-refractivity contribution >= 4 is 17.4 Å². The van der Waals surface area contributed by atoms with Crippen LogP contribution in [-0.4, -0.2) is 24.3 Å². The van der Waals surface area contributed by atoms with Gasteiger partial charge in [0.1, 0.15) is 12.4 Å². The normalized spacial score (nSPS) is 10.6. The van der Waals surface area contributed by atoms with E-state index in [9.17, 15) is 10.1 Å². The summed E-state index contributed by atoms with van der Waals surface area (Å²) in [7, 11) is 1.84. The molecule has 2 rings (SSSR count). The monoisotopic (exact) mass is 241 g/mol. The smallest absolute Gasteiger partial charge is 0.358 e. The second kappa shape index (κ2) is 3.93. The Hall–Kier alpha value is -1.89. The molecule has 0 atom stereocenters. The van der Waals surface area contributed by atoms with Gasteiger partial charge in [0, 0.05) is 19.4 Å². The van der Waals surface area contributed by atoms with Crippen LogP contribution in [0.1, 0.15) is 5.82 Å². The zero-order valence-corrected chi connectivity index (χ0v) is 9.13. The fourth-order valence-electron chi connectivity index (χ4n) is 1.29. The number of halogens is 1. The number of hydrogen-bond acceptors (Lipinski definition) is 4. The number of nitrogens with zero attached hydrogens (tertiary/aromatic N) is 5. The molecule has 2 aromatic heterocycles. The molecule has 0 aromatic carbocycles. The molecule has 0 N–H and O–H groups in total. The van der Waals surface area contributed by atoms with Crippen LogP contribution in [-0.2, 0) is 13.6 Å². The SMILES string of the molecule is Cn1ccnc1Cn1cc(Cl)c([N+](=O)[O-])n1. The lowest BCUT2D eigenvalue weighted by atomic mass is 10.6. The van der Waals surface area contributed by atoms with E-state index in [1.165, 1.54) is 10.9 Å². The number of aromatic nitrogens is 4. The fraction of sp³-hybridized carbons (Fsp3) is 0.250. The minimum Gasteiger partial charge on any atom is -0.358 e. The standard InChI is InChI=1S/C8H8ClN5O2/c1-12-3-2-10-7(12)5-13-4-6(9)8(11-13)14(15)16/h2-4H,5H2,1H3. The molecule has 0 unspecified atom stereocenters. The molecule has 0 aliphatic rings. The highest BCUT2D eigenvalue weighted by Gasteiger charge is 2.19. The summed E-state index contributed by atoms with van der Waals surface area (Å²) in [6.45, 7) is 0.344. The quantitative estimate of drug-likeness (QED) is 0.598. The van der Waals surface area contributed by atoms with Crippen LogP contribution in [0.5, 0.6) is 0 Å². The molecule has 0 spiro atoms. The van der Waals surface area contributed by atoms with Crippen LogP contribution < -0.4 is 0 Å². The first kappa shape index (κ1) is 10.6. The van der Waals surface area contributed by atoms with Crippen LogP contribution in [0.25, 0.3) is 0 Å². The van der Waals surface area contributed by atoms with E-state index in [1.54, 1.807) is 17.0 Å². The van der Waals surface area contributed by atoms with E-state index in [2.05, 4.69) is 10.1 Å². The molecule has 0 fully saturated rings. The van der Waals surface area contributed by atoms with Gasteiger partial charge in [-0.25, -0.2) is 4.98 Å². The number of rotatable bonds is 3. The van der Waals surface area contributed by atoms with Crippen molar-refractivity contribution in [1.29, 1.82) is 0 Å². The summed E-state index contributed by atoms with van der Waals surface area (Å²) in [6.07, 6.45) is 4.85. The summed E-state index contributed by atoms with van der Waals surface area (Å²) in [6, 6.07) is 0. The summed E-state index contributed by atoms with van der Waals surface area (Å²) in [5.41, 5.74) is 0. The molecular formula is C8H8ClN5O2. The predicted octanol–water partition coefficient (Wildman–Crippen LogP) is 1.23. The van der Waals surface area contributed by atoms with Crippen LogP contribution >= 0.6 is 11.6 Å². The summed E-state index contributed by atoms with van der Waals surface area (Å²) in [4.78, 5) is 14.0. The van der Waals surface area contributed by atoms with Gasteiger partial charge in [0.05, 0.1) is 11.3 Å². The summed E-state index contributed by atoms with van der Waals surface area (Å²) >= 11 is 5.67. The van der Waals surface area contributed by atoms with Gasteiger partial charge < -0.3 is 14.7 Å². The lowest BCUT2D eigenvalue weighted by Crippen LogP contribution is -2.06. The van der Waals surface area contributed by atoms with Gasteiger partial charge in [-0.3, -0.25) is 0 Å². The molecule has 0 saturated carbocycles. The molecule has 84 valence electrons. The minimum atomic E-state index is -0.614. The summed E-state index contributed by atoms with van der Waals surface area (Å²) in [5.74, 6) is 0.407. The summed E-state index contributed by atoms with van der Waals surface area (Å²) in [5, 5.41) is 14.3. The van der Waals surface area contributed by atoms with Crippen molar-refractivity contribution in [2.75, 3.05) is 0 Å². The van der Waals surface area contributed by atoms with Crippen LogP contribution in [0.3, 0.4) is 0 Å². The zero-order chi connectivity index (χ0) is 11.7. The molecule has 16 heavy (non-hydrogen) atoms. The molecule has 8 heteroatoms. The number of nitro groups is 1. The second-order valence-electron chi connectivity index (χ2n) is 3.21. The second-order valence-corrected chi connectivity index (χ2v) is 3.62. The number of hydrogen-bond donors (Lipinski definition) is 0. The van der Waals surface area contributed by atoms with Crippen molar-refractivity contribution in [2.24, 2.45) is 7.05 Å². The third-order valence-electron chi connectivity index (χ3n) is 2.10. The Morgan fingerprint density at radius 2 is 2.38 bits per heavy atom. The van der Waals surface area contributed by atoms with Gasteiger partial charge >= 0.3 is 5.82 Å². The molecule has 0 aliphatic heterocycles. The lowest BCUT2D eigenvalue weighted by molar-refractivity contribution is -0.389. The predicted molar refractivity (Wildman–Crippen MR) is 56.2 cm³/mol. The van der Waals surface area contributed by atoms with Crippen LogP contribution in [0.2, 0.25) is 5.02 Å². The van der Waals surface area contributed by atoms with E-state index in [0.29, 0.717) is 6.54 Å². The largest absolute Gasteiger partial charge is 0.408 e. The maximum absolute atomic E-state index is 10.5. The maximum atomic E-state index is 10.5. The highest BCUT2D eigenvalue weighted by Crippen LogP contribution is 2.21. The van der Waals surface area contributed by atoms with Gasteiger partial charge in [-0.05, 0) is 4.92 Å². The topological polar surface area (TPSA) is 78.8 Å². The highest BCUT2D eigenvalue weighted by molar-refractivity contribution is 6.32. The molecule has 7 nitrogen and oxygen atoms in total. The highest BCUT2D eigenvalue weighted by atomic mass is 35.5. The lowest BCUT2D eigenvalue weighted by Gasteiger charge is -1.97. The van der Waals surface area contributed by atoms with Crippen LogP contribution in [0.4, 0.5) is 5.82 Å². The maximum Gasteiger partial charge on any atom is 0.408 e. The van der Waals surface area contributed by atoms with E-state index in [4.69, 9.17) is 11.6 Å².